The number of nitrogens with zero attached hydrogens (tertiary/aromatic N) is 1. The molecule has 0 spiro atoms. The molecule has 0 saturated carbocycles. The van der Waals surface area contributed by atoms with E-state index in [-0.39, 0.29) is 24.6 Å². The van der Waals surface area contributed by atoms with Crippen molar-refractivity contribution in [3.05, 3.63) is 29.8 Å². The summed E-state index contributed by atoms with van der Waals surface area (Å²) < 4.78 is 5.60. The lowest BCUT2D eigenvalue weighted by molar-refractivity contribution is -0.125. The van der Waals surface area contributed by atoms with Gasteiger partial charge in [-0.2, -0.15) is 0 Å². The quantitative estimate of drug-likeness (QED) is 0.801. The second-order valence-electron chi connectivity index (χ2n) is 5.64. The molecule has 5 nitrogen and oxygen atoms in total. The van der Waals surface area contributed by atoms with Crippen molar-refractivity contribution in [2.45, 2.75) is 39.0 Å². The monoisotopic (exact) mass is 294 g/mol. The lowest BCUT2D eigenvalue weighted by Gasteiger charge is -2.20. The molecule has 1 rings (SSSR count). The molecule has 21 heavy (non-hydrogen) atoms. The van der Waals surface area contributed by atoms with E-state index in [1.54, 1.807) is 6.07 Å². The Morgan fingerprint density at radius 1 is 1.33 bits per heavy atom. The Balaban J connectivity index is 2.59. The fourth-order valence-electron chi connectivity index (χ4n) is 1.76. The molecule has 0 radical (unpaired) electrons. The van der Waals surface area contributed by atoms with Gasteiger partial charge in [0, 0.05) is 6.54 Å². The van der Waals surface area contributed by atoms with Crippen LogP contribution in [0.2, 0.25) is 0 Å². The van der Waals surface area contributed by atoms with Gasteiger partial charge in [0.25, 0.3) is 0 Å². The van der Waals surface area contributed by atoms with E-state index in [0.29, 0.717) is 0 Å². The Labute approximate surface area is 126 Å². The van der Waals surface area contributed by atoms with E-state index in [2.05, 4.69) is 5.32 Å². The number of aliphatic hydroxyl groups is 1. The number of hydrogen-bond acceptors (Lipinski definition) is 4. The normalized spacial score (nSPS) is 14.1. The summed E-state index contributed by atoms with van der Waals surface area (Å²) >= 11 is 0. The summed E-state index contributed by atoms with van der Waals surface area (Å²) in [6, 6.07) is 7.07. The van der Waals surface area contributed by atoms with E-state index in [0.717, 1.165) is 11.3 Å². The van der Waals surface area contributed by atoms with Crippen molar-refractivity contribution in [1.82, 2.24) is 10.2 Å². The van der Waals surface area contributed by atoms with Gasteiger partial charge in [-0.05, 0) is 52.6 Å². The van der Waals surface area contributed by atoms with Crippen LogP contribution in [-0.2, 0) is 4.79 Å². The highest BCUT2D eigenvalue weighted by Gasteiger charge is 2.16. The standard InChI is InChI=1S/C16H26N2O3/c1-11(2)21-14-8-6-7-13(9-14)15(19)10-17-16(20)12(3)18(4)5/h6-9,11-12,15,19H,10H2,1-5H3,(H,17,20)/t12-,15-/m0/s1. The van der Waals surface area contributed by atoms with Crippen molar-refractivity contribution in [2.24, 2.45) is 0 Å². The minimum absolute atomic E-state index is 0.0815. The van der Waals surface area contributed by atoms with Crippen LogP contribution < -0.4 is 10.1 Å². The summed E-state index contributed by atoms with van der Waals surface area (Å²) in [5.74, 6) is 0.614. The molecular weight excluding hydrogens is 268 g/mol. The predicted octanol–water partition coefficient (Wildman–Crippen LogP) is 1.57. The van der Waals surface area contributed by atoms with Crippen molar-refractivity contribution in [3.8, 4) is 5.75 Å². The van der Waals surface area contributed by atoms with Gasteiger partial charge in [0.2, 0.25) is 5.91 Å². The number of carbonyl (C=O) groups excluding carboxylic acids is 1. The second kappa shape index (κ2) is 8.00. The maximum absolute atomic E-state index is 11.8. The second-order valence-corrected chi connectivity index (χ2v) is 5.64. The fourth-order valence-corrected chi connectivity index (χ4v) is 1.76. The summed E-state index contributed by atoms with van der Waals surface area (Å²) in [5.41, 5.74) is 0.728. The number of rotatable bonds is 7. The lowest BCUT2D eigenvalue weighted by atomic mass is 10.1. The van der Waals surface area contributed by atoms with E-state index in [4.69, 9.17) is 4.74 Å². The first-order valence-electron chi connectivity index (χ1n) is 7.20. The molecule has 0 aliphatic heterocycles. The summed E-state index contributed by atoms with van der Waals surface area (Å²) in [6.45, 7) is 5.90. The van der Waals surface area contributed by atoms with E-state index >= 15 is 0 Å². The third kappa shape index (κ3) is 5.73. The van der Waals surface area contributed by atoms with Crippen LogP contribution in [0.5, 0.6) is 5.75 Å². The van der Waals surface area contributed by atoms with Crippen LogP contribution in [0, 0.1) is 0 Å². The Hall–Kier alpha value is -1.59. The van der Waals surface area contributed by atoms with Crippen molar-refractivity contribution >= 4 is 5.91 Å². The van der Waals surface area contributed by atoms with E-state index < -0.39 is 6.10 Å². The number of carbonyl (C=O) groups is 1. The minimum atomic E-state index is -0.751. The highest BCUT2D eigenvalue weighted by atomic mass is 16.5. The highest BCUT2D eigenvalue weighted by molar-refractivity contribution is 5.81. The smallest absolute Gasteiger partial charge is 0.237 e. The molecule has 118 valence electrons. The van der Waals surface area contributed by atoms with E-state index in [9.17, 15) is 9.90 Å². The van der Waals surface area contributed by atoms with Gasteiger partial charge in [-0.3, -0.25) is 9.69 Å². The summed E-state index contributed by atoms with van der Waals surface area (Å²) in [6.07, 6.45) is -0.669. The first kappa shape index (κ1) is 17.5. The number of likely N-dealkylation sites (N-methyl/N-ethyl adjacent to an activating group) is 1. The molecule has 0 heterocycles. The molecule has 1 amide bonds. The Kier molecular flexibility index (Phi) is 6.65. The van der Waals surface area contributed by atoms with Crippen LogP contribution in [-0.4, -0.2) is 48.7 Å². The molecule has 1 aromatic rings. The number of ether oxygens (including phenoxy) is 1. The number of hydrogen-bond donors (Lipinski definition) is 2. The van der Waals surface area contributed by atoms with Gasteiger partial charge in [-0.15, -0.1) is 0 Å². The van der Waals surface area contributed by atoms with Crippen molar-refractivity contribution in [2.75, 3.05) is 20.6 Å². The molecular formula is C16H26N2O3. The van der Waals surface area contributed by atoms with Crippen molar-refractivity contribution in [3.63, 3.8) is 0 Å². The van der Waals surface area contributed by atoms with Gasteiger partial charge < -0.3 is 15.2 Å². The maximum Gasteiger partial charge on any atom is 0.237 e. The van der Waals surface area contributed by atoms with Gasteiger partial charge in [-0.25, -0.2) is 0 Å². The SMILES string of the molecule is CC(C)Oc1cccc([C@@H](O)CNC(=O)[C@H](C)N(C)C)c1. The summed E-state index contributed by atoms with van der Waals surface area (Å²) in [5, 5.41) is 12.9. The molecule has 2 atom stereocenters. The summed E-state index contributed by atoms with van der Waals surface area (Å²) in [7, 11) is 3.68. The van der Waals surface area contributed by atoms with Crippen molar-refractivity contribution < 1.29 is 14.6 Å². The molecule has 0 aliphatic rings. The van der Waals surface area contributed by atoms with Crippen LogP contribution in [0.1, 0.15) is 32.4 Å². The van der Waals surface area contributed by atoms with E-state index in [1.165, 1.54) is 0 Å². The van der Waals surface area contributed by atoms with Crippen LogP contribution in [0.4, 0.5) is 0 Å². The van der Waals surface area contributed by atoms with Gasteiger partial charge >= 0.3 is 0 Å². The zero-order chi connectivity index (χ0) is 16.0. The average Bonchev–Trinajstić information content (AvgIpc) is 2.42. The first-order chi connectivity index (χ1) is 9.81. The number of benzene rings is 1. The minimum Gasteiger partial charge on any atom is -0.491 e. The zero-order valence-corrected chi connectivity index (χ0v) is 13.5. The summed E-state index contributed by atoms with van der Waals surface area (Å²) in [4.78, 5) is 13.7. The molecule has 0 unspecified atom stereocenters. The van der Waals surface area contributed by atoms with E-state index in [1.807, 2.05) is 58.0 Å². The maximum atomic E-state index is 11.8. The third-order valence-corrected chi connectivity index (χ3v) is 3.24. The Bertz CT molecular complexity index is 461. The first-order valence-corrected chi connectivity index (χ1v) is 7.20. The predicted molar refractivity (Wildman–Crippen MR) is 83.3 cm³/mol. The van der Waals surface area contributed by atoms with Crippen LogP contribution in [0.25, 0.3) is 0 Å². The van der Waals surface area contributed by atoms with Gasteiger partial charge in [0.15, 0.2) is 0 Å². The Morgan fingerprint density at radius 3 is 2.57 bits per heavy atom. The third-order valence-electron chi connectivity index (χ3n) is 3.24. The molecule has 5 heteroatoms. The van der Waals surface area contributed by atoms with Crippen LogP contribution >= 0.6 is 0 Å². The molecule has 1 aromatic carbocycles. The number of nitrogens with one attached hydrogen (secondary N) is 1. The number of aliphatic hydroxyl groups excluding tert-OH is 1. The largest absolute Gasteiger partial charge is 0.491 e. The molecule has 0 bridgehead atoms. The van der Waals surface area contributed by atoms with Crippen LogP contribution in [0.3, 0.4) is 0 Å². The zero-order valence-electron chi connectivity index (χ0n) is 13.5. The molecule has 0 aliphatic carbocycles. The number of amides is 1. The van der Waals surface area contributed by atoms with Gasteiger partial charge in [0.05, 0.1) is 18.2 Å². The highest BCUT2D eigenvalue weighted by Crippen LogP contribution is 2.19. The van der Waals surface area contributed by atoms with Gasteiger partial charge in [-0.1, -0.05) is 12.1 Å². The average molecular weight is 294 g/mol. The topological polar surface area (TPSA) is 61.8 Å². The molecule has 2 N–H and O–H groups in total. The molecule has 0 saturated heterocycles. The Morgan fingerprint density at radius 2 is 2.00 bits per heavy atom. The molecule has 0 fully saturated rings. The van der Waals surface area contributed by atoms with Crippen LogP contribution in [0.15, 0.2) is 24.3 Å². The molecule has 0 aromatic heterocycles. The lowest BCUT2D eigenvalue weighted by Crippen LogP contribution is -2.42. The van der Waals surface area contributed by atoms with Gasteiger partial charge in [0.1, 0.15) is 5.75 Å². The fraction of sp³-hybridized carbons (Fsp3) is 0.562. The van der Waals surface area contributed by atoms with Crippen molar-refractivity contribution in [1.29, 1.82) is 0 Å².